The molecule has 1 heterocycles. The molecule has 1 rings (SSSR count). The largest absolute Gasteiger partial charge is 0.507 e. The van der Waals surface area contributed by atoms with Crippen LogP contribution in [0.15, 0.2) is 11.4 Å². The number of thiophene rings is 1. The first-order valence-corrected chi connectivity index (χ1v) is 3.33. The molecule has 1 aromatic heterocycles. The van der Waals surface area contributed by atoms with E-state index in [1.807, 2.05) is 0 Å². The van der Waals surface area contributed by atoms with Gasteiger partial charge in [0.1, 0.15) is 5.75 Å². The van der Waals surface area contributed by atoms with E-state index in [0.29, 0.717) is 4.88 Å². The molecule has 0 fully saturated rings. The van der Waals surface area contributed by atoms with Crippen molar-refractivity contribution in [2.75, 3.05) is 0 Å². The number of hydrogen-bond donors (Lipinski definition) is 1. The van der Waals surface area contributed by atoms with Crippen molar-refractivity contribution in [1.29, 1.82) is 0 Å². The molecule has 0 aromatic carbocycles. The third-order valence-electron chi connectivity index (χ3n) is 0.955. The van der Waals surface area contributed by atoms with Crippen molar-refractivity contribution in [3.8, 4) is 5.75 Å². The average molecular weight is 141 g/mol. The molecule has 1 radical (unpaired) electrons. The quantitative estimate of drug-likeness (QED) is 0.669. The van der Waals surface area contributed by atoms with Crippen molar-refractivity contribution in [3.05, 3.63) is 16.3 Å². The predicted molar refractivity (Wildman–Crippen MR) is 35.4 cm³/mol. The number of rotatable bonds is 2. The minimum Gasteiger partial charge on any atom is -0.507 e. The Hall–Kier alpha value is -0.830. The van der Waals surface area contributed by atoms with E-state index in [4.69, 9.17) is 5.11 Å². The van der Waals surface area contributed by atoms with Gasteiger partial charge in [0.05, 0.1) is 11.3 Å². The fraction of sp³-hybridized carbons (Fsp3) is 0.167. The van der Waals surface area contributed by atoms with Crippen LogP contribution in [0.2, 0.25) is 0 Å². The molecule has 0 aliphatic heterocycles. The van der Waals surface area contributed by atoms with Gasteiger partial charge in [0.25, 0.3) is 0 Å². The van der Waals surface area contributed by atoms with Crippen LogP contribution in [-0.4, -0.2) is 11.4 Å². The zero-order chi connectivity index (χ0) is 6.69. The SMILES string of the molecule is O=[C]Cc1sccc1O. The highest BCUT2D eigenvalue weighted by atomic mass is 32.1. The lowest BCUT2D eigenvalue weighted by atomic mass is 10.3. The Bertz CT molecular complexity index is 205. The summed E-state index contributed by atoms with van der Waals surface area (Å²) in [4.78, 5) is 10.5. The van der Waals surface area contributed by atoms with Crippen LogP contribution in [0.5, 0.6) is 5.75 Å². The van der Waals surface area contributed by atoms with Crippen molar-refractivity contribution >= 4 is 17.6 Å². The van der Waals surface area contributed by atoms with Crippen LogP contribution in [0.4, 0.5) is 0 Å². The summed E-state index contributed by atoms with van der Waals surface area (Å²) in [6.45, 7) is 0. The molecule has 1 aromatic rings. The van der Waals surface area contributed by atoms with E-state index in [9.17, 15) is 4.79 Å². The van der Waals surface area contributed by atoms with Gasteiger partial charge in [-0.3, -0.25) is 4.79 Å². The van der Waals surface area contributed by atoms with Gasteiger partial charge in [-0.2, -0.15) is 0 Å². The van der Waals surface area contributed by atoms with Crippen molar-refractivity contribution in [1.82, 2.24) is 0 Å². The maximum Gasteiger partial charge on any atom is 0.204 e. The normalized spacial score (nSPS) is 9.33. The molecule has 0 unspecified atom stereocenters. The van der Waals surface area contributed by atoms with Crippen molar-refractivity contribution in [2.24, 2.45) is 0 Å². The molecule has 0 saturated heterocycles. The van der Waals surface area contributed by atoms with E-state index in [0.717, 1.165) is 0 Å². The van der Waals surface area contributed by atoms with Gasteiger partial charge in [-0.25, -0.2) is 0 Å². The highest BCUT2D eigenvalue weighted by Gasteiger charge is 1.99. The lowest BCUT2D eigenvalue weighted by molar-refractivity contribution is 0.472. The fourth-order valence-electron chi connectivity index (χ4n) is 0.532. The lowest BCUT2D eigenvalue weighted by Gasteiger charge is -1.85. The maximum atomic E-state index is 9.80. The van der Waals surface area contributed by atoms with Gasteiger partial charge >= 0.3 is 0 Å². The van der Waals surface area contributed by atoms with Crippen LogP contribution in [-0.2, 0) is 11.2 Å². The molecular weight excluding hydrogens is 136 g/mol. The highest BCUT2D eigenvalue weighted by Crippen LogP contribution is 2.22. The summed E-state index contributed by atoms with van der Waals surface area (Å²) in [6.07, 6.45) is 1.91. The first-order chi connectivity index (χ1) is 4.34. The third kappa shape index (κ3) is 1.29. The van der Waals surface area contributed by atoms with Gasteiger partial charge in [-0.1, -0.05) is 0 Å². The van der Waals surface area contributed by atoms with Gasteiger partial charge in [0.15, 0.2) is 0 Å². The minimum absolute atomic E-state index is 0.198. The highest BCUT2D eigenvalue weighted by molar-refractivity contribution is 7.10. The fourth-order valence-corrected chi connectivity index (χ4v) is 1.22. The second-order valence-electron chi connectivity index (χ2n) is 1.55. The summed E-state index contributed by atoms with van der Waals surface area (Å²) in [6, 6.07) is 1.57. The Morgan fingerprint density at radius 2 is 2.56 bits per heavy atom. The van der Waals surface area contributed by atoms with Crippen LogP contribution in [0.1, 0.15) is 4.88 Å². The number of carbonyl (C=O) groups excluding carboxylic acids is 1. The zero-order valence-corrected chi connectivity index (χ0v) is 5.44. The molecule has 0 amide bonds. The topological polar surface area (TPSA) is 37.3 Å². The number of hydrogen-bond acceptors (Lipinski definition) is 3. The Morgan fingerprint density at radius 1 is 1.78 bits per heavy atom. The van der Waals surface area contributed by atoms with E-state index in [2.05, 4.69) is 0 Å². The van der Waals surface area contributed by atoms with Crippen LogP contribution >= 0.6 is 11.3 Å². The second kappa shape index (κ2) is 2.64. The van der Waals surface area contributed by atoms with Gasteiger partial charge in [0, 0.05) is 0 Å². The van der Waals surface area contributed by atoms with Crippen LogP contribution < -0.4 is 0 Å². The Morgan fingerprint density at radius 3 is 3.00 bits per heavy atom. The van der Waals surface area contributed by atoms with Gasteiger partial charge < -0.3 is 5.11 Å². The monoisotopic (exact) mass is 141 g/mol. The first kappa shape index (κ1) is 6.29. The molecule has 0 aliphatic carbocycles. The van der Waals surface area contributed by atoms with E-state index < -0.39 is 0 Å². The Kier molecular flexibility index (Phi) is 1.85. The summed E-state index contributed by atoms with van der Waals surface area (Å²) in [5.74, 6) is 0.198. The van der Waals surface area contributed by atoms with E-state index in [1.165, 1.54) is 11.3 Å². The zero-order valence-electron chi connectivity index (χ0n) is 4.63. The first-order valence-electron chi connectivity index (χ1n) is 2.45. The Balaban J connectivity index is 2.80. The molecule has 0 spiro atoms. The average Bonchev–Trinajstić information content (AvgIpc) is 2.18. The van der Waals surface area contributed by atoms with Crippen LogP contribution in [0.25, 0.3) is 0 Å². The molecule has 1 N–H and O–H groups in total. The van der Waals surface area contributed by atoms with Gasteiger partial charge in [0.2, 0.25) is 6.29 Å². The van der Waals surface area contributed by atoms with Crippen molar-refractivity contribution in [3.63, 3.8) is 0 Å². The summed E-state index contributed by atoms with van der Waals surface area (Å²) in [7, 11) is 0. The van der Waals surface area contributed by atoms with Gasteiger partial charge in [-0.05, 0) is 11.4 Å². The summed E-state index contributed by atoms with van der Waals surface area (Å²) >= 11 is 1.36. The molecule has 0 atom stereocenters. The molecular formula is C6H5O2S. The summed E-state index contributed by atoms with van der Waals surface area (Å²) in [5, 5.41) is 10.7. The molecule has 47 valence electrons. The van der Waals surface area contributed by atoms with Crippen molar-refractivity contribution < 1.29 is 9.90 Å². The van der Waals surface area contributed by atoms with E-state index >= 15 is 0 Å². The summed E-state index contributed by atoms with van der Waals surface area (Å²) in [5.41, 5.74) is 0. The summed E-state index contributed by atoms with van der Waals surface area (Å²) < 4.78 is 0. The molecule has 2 nitrogen and oxygen atoms in total. The predicted octanol–water partition coefficient (Wildman–Crippen LogP) is 1.11. The standard InChI is InChI=1S/C6H5O2S/c7-3-1-6-5(8)2-4-9-6/h2,4,8H,1H2. The molecule has 0 aliphatic rings. The van der Waals surface area contributed by atoms with Crippen LogP contribution in [0.3, 0.4) is 0 Å². The smallest absolute Gasteiger partial charge is 0.204 e. The molecule has 3 heteroatoms. The van der Waals surface area contributed by atoms with Crippen molar-refractivity contribution in [2.45, 2.75) is 6.42 Å². The number of aromatic hydroxyl groups is 1. The van der Waals surface area contributed by atoms with Gasteiger partial charge in [-0.15, -0.1) is 11.3 Å². The van der Waals surface area contributed by atoms with E-state index in [-0.39, 0.29) is 12.2 Å². The lowest BCUT2D eigenvalue weighted by Crippen LogP contribution is -1.78. The molecule has 0 saturated carbocycles. The maximum absolute atomic E-state index is 9.80. The van der Waals surface area contributed by atoms with E-state index in [1.54, 1.807) is 17.7 Å². The molecule has 0 bridgehead atoms. The Labute approximate surface area is 56.8 Å². The second-order valence-corrected chi connectivity index (χ2v) is 2.55. The minimum atomic E-state index is 0.198. The molecule has 9 heavy (non-hydrogen) atoms. The third-order valence-corrected chi connectivity index (χ3v) is 1.86. The van der Waals surface area contributed by atoms with Crippen LogP contribution in [0, 0.1) is 0 Å².